The van der Waals surface area contributed by atoms with Crippen LogP contribution in [0.5, 0.6) is 0 Å². The maximum absolute atomic E-state index is 13.1. The highest BCUT2D eigenvalue weighted by Crippen LogP contribution is 2.48. The molecule has 33 heteroatoms. The molecule has 16 aromatic rings. The first-order valence-corrected chi connectivity index (χ1v) is 43.5. The first kappa shape index (κ1) is 76.6. The summed E-state index contributed by atoms with van der Waals surface area (Å²) in [5, 5.41) is 22.1. The molecule has 2 fully saturated rings. The molecule has 630 valence electrons. The zero-order valence-corrected chi connectivity index (χ0v) is 70.5. The van der Waals surface area contributed by atoms with E-state index in [0.29, 0.717) is 135 Å². The van der Waals surface area contributed by atoms with Crippen molar-refractivity contribution in [2.45, 2.75) is 155 Å². The lowest BCUT2D eigenvalue weighted by molar-refractivity contribution is -0.119. The standard InChI is InChI=1S/C25H23N7O.C24H22N8O.C23H21N7O.C22H19N7O/c1-30-21(33)6-4-11-31-14-17(22(29-31)15-7-8-15)16-9-10-18-23(16)27-19(13-26-18)24-25(30)28-20-5-2-3-12-32(20)24;1-30-19(33)4-2-10-31-13-16(20(29-31)14-5-6-14)15-7-8-17-21(15)27-18(12-26-17)22-23(30)28-24-25-9-3-11-32(22)24;1-14-16-13-29(27-14)10-5-7-20(31)28(2)23-22(30-11-4-3-6-19(30)26-23)18-12-24-17-9-8-15(16)21(17)25-18;1-13-15-12-28(27-13)9-4-6-19(30)26-22-21(29-10-3-2-5-18(29)25-22)17-11-23-16-8-7-14(15)20(16)24-17/h2-3,5,9,12-15H,4,6-8,10-11H2,1H3;3,7,9,11-14H,2,4-6,8,10H2,1H3;3-4,6,8,11-13H,5,7,9-10H2,1-2H3;2-3,5,7,10-12H,4,6,8-9H2,1H3,(H,26,30). The molecule has 26 rings (SSSR count). The van der Waals surface area contributed by atoms with Gasteiger partial charge in [-0.1, -0.05) is 42.5 Å². The summed E-state index contributed by atoms with van der Waals surface area (Å²) in [6.07, 6.45) is 46.0. The minimum absolute atomic E-state index is 0.00113. The maximum atomic E-state index is 13.1. The van der Waals surface area contributed by atoms with E-state index in [1.54, 1.807) is 60.6 Å². The monoisotopic (exact) mass is 1680 g/mol. The van der Waals surface area contributed by atoms with Gasteiger partial charge in [-0.2, -0.15) is 25.4 Å². The Balaban J connectivity index is 0.0000000972. The Morgan fingerprint density at radius 3 is 1.14 bits per heavy atom. The van der Waals surface area contributed by atoms with E-state index in [1.165, 1.54) is 31.2 Å². The minimum Gasteiger partial charge on any atom is -0.309 e. The van der Waals surface area contributed by atoms with Crippen LogP contribution in [0.25, 0.3) is 90.6 Å². The van der Waals surface area contributed by atoms with Crippen molar-refractivity contribution in [2.24, 2.45) is 0 Å². The first-order valence-electron chi connectivity index (χ1n) is 43.5. The molecule has 16 bridgehead atoms. The lowest BCUT2D eigenvalue weighted by Crippen LogP contribution is -2.27. The second-order valence-electron chi connectivity index (χ2n) is 33.8. The molecule has 1 N–H and O–H groups in total. The highest BCUT2D eigenvalue weighted by atomic mass is 16.2. The van der Waals surface area contributed by atoms with Gasteiger partial charge in [0, 0.05) is 211 Å². The summed E-state index contributed by atoms with van der Waals surface area (Å²) in [7, 11) is 5.34. The number of anilines is 4. The lowest BCUT2D eigenvalue weighted by Gasteiger charge is -2.17. The number of nitrogens with one attached hydrogen (secondary N) is 1. The van der Waals surface area contributed by atoms with Crippen LogP contribution in [0.1, 0.15) is 179 Å². The van der Waals surface area contributed by atoms with E-state index in [1.807, 2.05) is 148 Å². The van der Waals surface area contributed by atoms with Gasteiger partial charge >= 0.3 is 0 Å². The molecule has 20 heterocycles. The summed E-state index contributed by atoms with van der Waals surface area (Å²) < 4.78 is 15.6. The molecule has 0 spiro atoms. The Labute approximate surface area is 726 Å². The molecule has 6 aliphatic carbocycles. The number of rotatable bonds is 2. The zero-order chi connectivity index (χ0) is 85.6. The van der Waals surface area contributed by atoms with Gasteiger partial charge in [0.15, 0.2) is 23.3 Å². The predicted molar refractivity (Wildman–Crippen MR) is 474 cm³/mol. The minimum atomic E-state index is -0.0736. The van der Waals surface area contributed by atoms with Gasteiger partial charge in [0.25, 0.3) is 0 Å². The normalized spacial score (nSPS) is 16.7. The van der Waals surface area contributed by atoms with Crippen LogP contribution in [0.15, 0.2) is 166 Å². The van der Waals surface area contributed by atoms with E-state index >= 15 is 0 Å². The molecule has 4 amide bonds. The molecule has 16 aromatic heterocycles. The quantitative estimate of drug-likeness (QED) is 0.168. The summed E-state index contributed by atoms with van der Waals surface area (Å²) in [4.78, 5) is 119. The summed E-state index contributed by atoms with van der Waals surface area (Å²) in [6, 6.07) is 19.3. The third-order valence-electron chi connectivity index (χ3n) is 25.3. The number of hydrogen-bond donors (Lipinski definition) is 1. The van der Waals surface area contributed by atoms with Crippen molar-refractivity contribution < 1.29 is 19.2 Å². The van der Waals surface area contributed by atoms with Gasteiger partial charge < -0.3 is 5.32 Å². The van der Waals surface area contributed by atoms with E-state index in [4.69, 9.17) is 60.0 Å². The predicted octanol–water partition coefficient (Wildman–Crippen LogP) is 12.7. The van der Waals surface area contributed by atoms with E-state index in [2.05, 4.69) is 73.4 Å². The molecule has 0 saturated heterocycles. The molecule has 33 nitrogen and oxygen atoms in total. The topological polar surface area (TPSA) is 347 Å². The second-order valence-corrected chi connectivity index (χ2v) is 33.8. The molecule has 0 aromatic carbocycles. The third-order valence-corrected chi connectivity index (χ3v) is 25.3. The molecule has 2 saturated carbocycles. The Hall–Kier alpha value is -15.3. The molecule has 10 aliphatic rings. The molecule has 0 unspecified atom stereocenters. The number of imidazole rings is 4. The van der Waals surface area contributed by atoms with Gasteiger partial charge in [-0.25, -0.2) is 39.9 Å². The average molecular weight is 1680 g/mol. The van der Waals surface area contributed by atoms with Crippen molar-refractivity contribution in [2.75, 3.05) is 41.2 Å². The molecule has 127 heavy (non-hydrogen) atoms. The van der Waals surface area contributed by atoms with E-state index in [-0.39, 0.29) is 23.6 Å². The van der Waals surface area contributed by atoms with Crippen molar-refractivity contribution in [1.82, 2.24) is 122 Å². The number of nitrogens with zero attached hydrogens (tertiary/aromatic N) is 28. The van der Waals surface area contributed by atoms with Gasteiger partial charge in [0.05, 0.1) is 93.1 Å². The van der Waals surface area contributed by atoms with E-state index in [9.17, 15) is 19.2 Å². The van der Waals surface area contributed by atoms with Crippen LogP contribution >= 0.6 is 0 Å². The molecular formula is C94H85N29O4. The SMILES string of the molecule is CN1C(=O)CCCn2cc(c(C3CC3)n2)C2=CCc3ncc(nc32)-c2c1nc1ccccn21.CN1C(=O)CCCn2cc(c(C3CC3)n2)C2=CCc3ncc(nc32)-c2c1nc1ncccn21.Cc1nn2cc1C1=CCc3ncc(nc31)-c1c(nc3ccccn13)N(C)C(=O)CCC2.Cc1nn2cc1C1=CCc3ncc(nc31)-c1c(nc3ccccn13)NC(=O)CCC2. The van der Waals surface area contributed by atoms with Crippen molar-refractivity contribution >= 4 is 91.9 Å². The molecule has 0 atom stereocenters. The Bertz CT molecular complexity index is 7220. The largest absolute Gasteiger partial charge is 0.309 e. The number of hydrogen-bond acceptors (Lipinski definition) is 21. The first-order chi connectivity index (χ1) is 62.1. The van der Waals surface area contributed by atoms with Gasteiger partial charge in [-0.05, 0) is 108 Å². The summed E-state index contributed by atoms with van der Waals surface area (Å²) >= 11 is 0. The molecular weight excluding hydrogens is 1600 g/mol. The Morgan fingerprint density at radius 1 is 0.362 bits per heavy atom. The number of fused-ring (bicyclic) bond motifs is 32. The van der Waals surface area contributed by atoms with Crippen molar-refractivity contribution in [3.05, 3.63) is 256 Å². The van der Waals surface area contributed by atoms with Crippen LogP contribution < -0.4 is 20.0 Å². The van der Waals surface area contributed by atoms with Crippen molar-refractivity contribution in [3.8, 4) is 45.6 Å². The lowest BCUT2D eigenvalue weighted by atomic mass is 10.0. The second kappa shape index (κ2) is 30.6. The van der Waals surface area contributed by atoms with E-state index in [0.717, 1.165) is 179 Å². The van der Waals surface area contributed by atoms with Gasteiger partial charge in [-0.15, -0.1) is 0 Å². The van der Waals surface area contributed by atoms with Crippen LogP contribution in [0.2, 0.25) is 0 Å². The van der Waals surface area contributed by atoms with Crippen LogP contribution in [-0.2, 0) is 71.0 Å². The number of amides is 4. The number of aromatic nitrogens is 25. The fourth-order valence-electron chi connectivity index (χ4n) is 18.5. The highest BCUT2D eigenvalue weighted by Gasteiger charge is 2.38. The molecule has 4 aliphatic heterocycles. The van der Waals surface area contributed by atoms with Crippen molar-refractivity contribution in [3.63, 3.8) is 0 Å². The van der Waals surface area contributed by atoms with Crippen molar-refractivity contribution in [1.29, 1.82) is 0 Å². The van der Waals surface area contributed by atoms with Crippen LogP contribution in [0.4, 0.5) is 23.3 Å². The number of carbonyl (C=O) groups excluding carboxylic acids is 4. The fourth-order valence-corrected chi connectivity index (χ4v) is 18.5. The number of allylic oxidation sites excluding steroid dienone is 4. The smallest absolute Gasteiger partial charge is 0.236 e. The summed E-state index contributed by atoms with van der Waals surface area (Å²) in [6.45, 7) is 6.80. The van der Waals surface area contributed by atoms with Crippen LogP contribution in [-0.4, -0.2) is 166 Å². The summed E-state index contributed by atoms with van der Waals surface area (Å²) in [5.41, 5.74) is 28.6. The van der Waals surface area contributed by atoms with Gasteiger partial charge in [0.1, 0.15) is 62.5 Å². The summed E-state index contributed by atoms with van der Waals surface area (Å²) in [5.74, 6) is 3.80. The maximum Gasteiger partial charge on any atom is 0.236 e. The van der Waals surface area contributed by atoms with Gasteiger partial charge in [0.2, 0.25) is 29.4 Å². The van der Waals surface area contributed by atoms with Crippen LogP contribution in [0, 0.1) is 13.8 Å². The highest BCUT2D eigenvalue weighted by molar-refractivity contribution is 6.00. The Morgan fingerprint density at radius 2 is 0.717 bits per heavy atom. The van der Waals surface area contributed by atoms with Crippen LogP contribution in [0.3, 0.4) is 0 Å². The molecule has 0 radical (unpaired) electrons. The van der Waals surface area contributed by atoms with E-state index < -0.39 is 0 Å². The van der Waals surface area contributed by atoms with Gasteiger partial charge in [-0.3, -0.25) is 90.1 Å². The third kappa shape index (κ3) is 13.5. The zero-order valence-electron chi connectivity index (χ0n) is 70.5. The average Bonchev–Trinajstić information content (AvgIpc) is 1.60. The number of carbonyl (C=O) groups is 4. The number of pyridine rings is 3. The number of aryl methyl sites for hydroxylation is 6. The fraction of sp³-hybridized carbons (Fsp3) is 0.287. The Kier molecular flexibility index (Phi) is 18.4.